The van der Waals surface area contributed by atoms with Crippen LogP contribution in [0.2, 0.25) is 0 Å². The molecular weight excluding hydrogens is 510 g/mol. The zero-order chi connectivity index (χ0) is 28.6. The minimum Gasteiger partial charge on any atom is -0.455 e. The van der Waals surface area contributed by atoms with Crippen molar-refractivity contribution in [1.82, 2.24) is 26.1 Å². The number of esters is 1. The predicted octanol–water partition coefficient (Wildman–Crippen LogP) is 2.79. The number of carbonyl (C=O) groups excluding carboxylic acids is 4. The van der Waals surface area contributed by atoms with Crippen LogP contribution >= 0.6 is 0 Å². The molecule has 2 fully saturated rings. The Morgan fingerprint density at radius 3 is 2.52 bits per heavy atom. The Kier molecular flexibility index (Phi) is 7.63. The van der Waals surface area contributed by atoms with E-state index in [1.807, 2.05) is 56.3 Å². The molecule has 2 aromatic rings. The average molecular weight is 548 g/mol. The fourth-order valence-corrected chi connectivity index (χ4v) is 5.19. The summed E-state index contributed by atoms with van der Waals surface area (Å²) in [6, 6.07) is 7.30. The SMILES string of the molecule is CC(C)[C@@H]1NC(=O)C2(C=Cc3ccc4ccc(nc4c3)[C@@H](C)OC(=O)[C@@H]3CCCN(N3)C(=O)[C@H](C)NC1=O)CC2. The number of fused-ring (bicyclic) bond motifs is 4. The minimum atomic E-state index is -0.863. The van der Waals surface area contributed by atoms with Crippen molar-refractivity contribution in [2.24, 2.45) is 11.3 Å². The first kappa shape index (κ1) is 27.8. The van der Waals surface area contributed by atoms with E-state index in [0.717, 1.165) is 16.5 Å². The van der Waals surface area contributed by atoms with Gasteiger partial charge in [0.15, 0.2) is 0 Å². The van der Waals surface area contributed by atoms with Gasteiger partial charge in [-0.05, 0) is 63.1 Å². The van der Waals surface area contributed by atoms with Crippen molar-refractivity contribution in [2.75, 3.05) is 6.54 Å². The summed E-state index contributed by atoms with van der Waals surface area (Å²) in [6.45, 7) is 7.48. The molecule has 3 amide bonds. The summed E-state index contributed by atoms with van der Waals surface area (Å²) in [6.07, 6.45) is 5.72. The Bertz CT molecular complexity index is 1370. The molecule has 1 spiro atoms. The molecule has 3 heterocycles. The average Bonchev–Trinajstić information content (AvgIpc) is 3.74. The molecule has 3 N–H and O–H groups in total. The van der Waals surface area contributed by atoms with Gasteiger partial charge in [-0.15, -0.1) is 0 Å². The lowest BCUT2D eigenvalue weighted by Crippen LogP contribution is -2.61. The largest absolute Gasteiger partial charge is 0.455 e. The second-order valence-corrected chi connectivity index (χ2v) is 11.5. The predicted molar refractivity (Wildman–Crippen MR) is 149 cm³/mol. The Balaban J connectivity index is 1.48. The molecule has 1 saturated heterocycles. The van der Waals surface area contributed by atoms with Crippen LogP contribution in [0, 0.1) is 11.3 Å². The Labute approximate surface area is 233 Å². The van der Waals surface area contributed by atoms with Crippen molar-refractivity contribution in [2.45, 2.75) is 77.6 Å². The van der Waals surface area contributed by atoms with Gasteiger partial charge in [0.25, 0.3) is 5.91 Å². The van der Waals surface area contributed by atoms with Gasteiger partial charge in [0.1, 0.15) is 24.2 Å². The molecule has 1 saturated carbocycles. The first-order valence-electron chi connectivity index (χ1n) is 14.1. The zero-order valence-corrected chi connectivity index (χ0v) is 23.4. The van der Waals surface area contributed by atoms with Crippen LogP contribution in [0.1, 0.15) is 70.7 Å². The number of benzene rings is 1. The number of carbonyl (C=O) groups is 4. The maximum Gasteiger partial charge on any atom is 0.325 e. The van der Waals surface area contributed by atoms with Crippen LogP contribution in [0.25, 0.3) is 17.0 Å². The van der Waals surface area contributed by atoms with Gasteiger partial charge in [0.05, 0.1) is 16.6 Å². The van der Waals surface area contributed by atoms with Crippen LogP contribution in [0.4, 0.5) is 0 Å². The van der Waals surface area contributed by atoms with Gasteiger partial charge in [-0.2, -0.15) is 0 Å². The molecule has 2 aliphatic heterocycles. The summed E-state index contributed by atoms with van der Waals surface area (Å²) in [5, 5.41) is 8.01. The Hall–Kier alpha value is -3.79. The summed E-state index contributed by atoms with van der Waals surface area (Å²) >= 11 is 0. The van der Waals surface area contributed by atoms with Crippen molar-refractivity contribution in [3.05, 3.63) is 47.7 Å². The van der Waals surface area contributed by atoms with E-state index in [-0.39, 0.29) is 17.7 Å². The van der Waals surface area contributed by atoms with Crippen molar-refractivity contribution in [3.8, 4) is 0 Å². The van der Waals surface area contributed by atoms with E-state index in [1.54, 1.807) is 13.8 Å². The summed E-state index contributed by atoms with van der Waals surface area (Å²) < 4.78 is 5.76. The van der Waals surface area contributed by atoms with Gasteiger partial charge < -0.3 is 15.4 Å². The Morgan fingerprint density at radius 2 is 1.80 bits per heavy atom. The van der Waals surface area contributed by atoms with Gasteiger partial charge in [-0.1, -0.05) is 44.2 Å². The number of cyclic esters (lactones) is 1. The summed E-state index contributed by atoms with van der Waals surface area (Å²) in [4.78, 5) is 57.6. The monoisotopic (exact) mass is 547 g/mol. The van der Waals surface area contributed by atoms with Gasteiger partial charge in [0.2, 0.25) is 11.8 Å². The third-order valence-corrected chi connectivity index (χ3v) is 7.98. The molecular formula is C30H37N5O5. The van der Waals surface area contributed by atoms with E-state index in [0.29, 0.717) is 37.9 Å². The number of nitrogens with one attached hydrogen (secondary N) is 3. The molecule has 3 aliphatic rings. The maximum absolute atomic E-state index is 13.4. The number of ether oxygens (including phenoxy) is 1. The molecule has 212 valence electrons. The molecule has 1 aliphatic carbocycles. The zero-order valence-electron chi connectivity index (χ0n) is 23.4. The van der Waals surface area contributed by atoms with E-state index in [1.165, 1.54) is 5.01 Å². The van der Waals surface area contributed by atoms with Gasteiger partial charge in [0, 0.05) is 11.9 Å². The van der Waals surface area contributed by atoms with Gasteiger partial charge >= 0.3 is 5.97 Å². The number of hydrogen-bond donors (Lipinski definition) is 3. The quantitative estimate of drug-likeness (QED) is 0.468. The fraction of sp³-hybridized carbons (Fsp3) is 0.500. The molecule has 4 atom stereocenters. The molecule has 40 heavy (non-hydrogen) atoms. The second kappa shape index (κ2) is 11.0. The van der Waals surface area contributed by atoms with E-state index in [4.69, 9.17) is 9.72 Å². The highest BCUT2D eigenvalue weighted by Gasteiger charge is 2.48. The van der Waals surface area contributed by atoms with Crippen LogP contribution in [-0.2, 0) is 23.9 Å². The maximum atomic E-state index is 13.4. The number of hydrazine groups is 1. The smallest absolute Gasteiger partial charge is 0.325 e. The molecule has 5 bridgehead atoms. The highest BCUT2D eigenvalue weighted by Crippen LogP contribution is 2.48. The fourth-order valence-electron chi connectivity index (χ4n) is 5.19. The van der Waals surface area contributed by atoms with Crippen LogP contribution in [0.3, 0.4) is 0 Å². The molecule has 10 nitrogen and oxygen atoms in total. The highest BCUT2D eigenvalue weighted by molar-refractivity contribution is 5.95. The summed E-state index contributed by atoms with van der Waals surface area (Å²) in [5.74, 6) is -1.65. The number of pyridine rings is 1. The molecule has 0 radical (unpaired) electrons. The first-order valence-corrected chi connectivity index (χ1v) is 14.1. The number of hydrogen-bond acceptors (Lipinski definition) is 7. The van der Waals surface area contributed by atoms with Crippen LogP contribution in [0.5, 0.6) is 0 Å². The summed E-state index contributed by atoms with van der Waals surface area (Å²) in [7, 11) is 0. The van der Waals surface area contributed by atoms with Crippen molar-refractivity contribution in [1.29, 1.82) is 0 Å². The molecule has 0 unspecified atom stereocenters. The van der Waals surface area contributed by atoms with Crippen molar-refractivity contribution in [3.63, 3.8) is 0 Å². The van der Waals surface area contributed by atoms with Crippen LogP contribution < -0.4 is 16.1 Å². The van der Waals surface area contributed by atoms with E-state index in [9.17, 15) is 19.2 Å². The molecule has 5 rings (SSSR count). The third kappa shape index (κ3) is 5.72. The summed E-state index contributed by atoms with van der Waals surface area (Å²) in [5.41, 5.74) is 4.57. The number of amides is 3. The molecule has 10 heteroatoms. The van der Waals surface area contributed by atoms with E-state index >= 15 is 0 Å². The van der Waals surface area contributed by atoms with Crippen LogP contribution in [0.15, 0.2) is 36.4 Å². The van der Waals surface area contributed by atoms with E-state index < -0.39 is 41.5 Å². The first-order chi connectivity index (χ1) is 19.1. The lowest BCUT2D eigenvalue weighted by Gasteiger charge is -2.35. The molecule has 1 aromatic carbocycles. The standard InChI is InChI=1S/C30H37N5O5/c1-17(2)25-26(36)31-18(3)27(37)35-15-5-6-23(34-35)28(38)40-19(4)22-10-9-21-8-7-20(16-24(21)32-22)11-12-30(13-14-30)29(39)33-25/h7-12,16-19,23,25,34H,5-6,13-15H2,1-4H3,(H,31,36)(H,33,39)/t18-,19+,23-,25-/m0/s1. The van der Waals surface area contributed by atoms with Gasteiger partial charge in [-0.25, -0.2) is 10.4 Å². The van der Waals surface area contributed by atoms with E-state index in [2.05, 4.69) is 16.1 Å². The third-order valence-electron chi connectivity index (χ3n) is 7.98. The second-order valence-electron chi connectivity index (χ2n) is 11.5. The topological polar surface area (TPSA) is 130 Å². The Morgan fingerprint density at radius 1 is 1.05 bits per heavy atom. The lowest BCUT2D eigenvalue weighted by molar-refractivity contribution is -0.157. The van der Waals surface area contributed by atoms with Gasteiger partial charge in [-0.3, -0.25) is 24.2 Å². The number of nitrogens with zero attached hydrogens (tertiary/aromatic N) is 2. The highest BCUT2D eigenvalue weighted by atomic mass is 16.5. The number of rotatable bonds is 1. The van der Waals surface area contributed by atoms with Crippen molar-refractivity contribution >= 4 is 40.7 Å². The van der Waals surface area contributed by atoms with Crippen LogP contribution in [-0.4, -0.2) is 58.4 Å². The normalized spacial score (nSPS) is 27.5. The minimum absolute atomic E-state index is 0.192. The number of aromatic nitrogens is 1. The van der Waals surface area contributed by atoms with Crippen molar-refractivity contribution < 1.29 is 23.9 Å². The lowest BCUT2D eigenvalue weighted by atomic mass is 9.99. The molecule has 1 aromatic heterocycles.